The number of rotatable bonds is 6. The summed E-state index contributed by atoms with van der Waals surface area (Å²) in [4.78, 5) is 37.6. The van der Waals surface area contributed by atoms with E-state index in [2.05, 4.69) is 5.32 Å². The minimum Gasteiger partial charge on any atom is -0.449 e. The topological polar surface area (TPSA) is 75.7 Å². The molecule has 0 bridgehead atoms. The van der Waals surface area contributed by atoms with Gasteiger partial charge in [0.25, 0.3) is 5.91 Å². The molecular formula is C18H24N2O4. The Morgan fingerprint density at radius 3 is 2.67 bits per heavy atom. The minimum atomic E-state index is -0.867. The number of nitrogens with zero attached hydrogens (tertiary/aromatic N) is 1. The number of ether oxygens (including phenoxy) is 1. The first-order chi connectivity index (χ1) is 11.4. The van der Waals surface area contributed by atoms with E-state index in [0.717, 1.165) is 6.42 Å². The summed E-state index contributed by atoms with van der Waals surface area (Å²) in [5.41, 5.74) is 1.01. The maximum absolute atomic E-state index is 12.2. The van der Waals surface area contributed by atoms with E-state index in [1.165, 1.54) is 0 Å². The number of hydrogen-bond donors (Lipinski definition) is 1. The van der Waals surface area contributed by atoms with Crippen molar-refractivity contribution in [3.05, 3.63) is 29.8 Å². The molecule has 0 saturated carbocycles. The molecule has 1 unspecified atom stereocenters. The summed E-state index contributed by atoms with van der Waals surface area (Å²) in [5.74, 6) is -0.507. The summed E-state index contributed by atoms with van der Waals surface area (Å²) in [6.07, 6.45) is 0.482. The van der Waals surface area contributed by atoms with Crippen LogP contribution in [0.2, 0.25) is 0 Å². The van der Waals surface area contributed by atoms with E-state index in [1.807, 2.05) is 13.8 Å². The number of amides is 2. The molecule has 24 heavy (non-hydrogen) atoms. The van der Waals surface area contributed by atoms with Crippen molar-refractivity contribution in [2.75, 3.05) is 18.0 Å². The molecule has 1 fully saturated rings. The highest BCUT2D eigenvalue weighted by Gasteiger charge is 2.23. The second-order valence-electron chi connectivity index (χ2n) is 6.39. The maximum atomic E-state index is 12.2. The fourth-order valence-corrected chi connectivity index (χ4v) is 2.45. The summed E-state index contributed by atoms with van der Waals surface area (Å²) in [6, 6.07) is 6.75. The normalized spacial score (nSPS) is 15.5. The molecule has 6 nitrogen and oxygen atoms in total. The molecule has 2 rings (SSSR count). The lowest BCUT2D eigenvalue weighted by molar-refractivity contribution is -0.129. The smallest absolute Gasteiger partial charge is 0.338 e. The van der Waals surface area contributed by atoms with Crippen LogP contribution in [0.25, 0.3) is 0 Å². The van der Waals surface area contributed by atoms with Crippen LogP contribution >= 0.6 is 0 Å². The van der Waals surface area contributed by atoms with E-state index in [1.54, 1.807) is 36.1 Å². The minimum absolute atomic E-state index is 0.0574. The standard InChI is InChI=1S/C18H24N2O4/c1-12(2)11-19-17(22)13(3)24-18(23)14-6-4-7-15(10-14)20-9-5-8-16(20)21/h4,6-7,10,12-13H,5,8-9,11H2,1-3H3,(H,19,22). The van der Waals surface area contributed by atoms with Crippen molar-refractivity contribution in [1.82, 2.24) is 5.32 Å². The molecule has 2 amide bonds. The first-order valence-corrected chi connectivity index (χ1v) is 8.27. The number of carbonyl (C=O) groups is 3. The van der Waals surface area contributed by atoms with Gasteiger partial charge < -0.3 is 15.0 Å². The number of nitrogens with one attached hydrogen (secondary N) is 1. The van der Waals surface area contributed by atoms with Gasteiger partial charge in [0.1, 0.15) is 0 Å². The third kappa shape index (κ3) is 4.57. The van der Waals surface area contributed by atoms with Crippen molar-refractivity contribution in [2.45, 2.75) is 39.7 Å². The lowest BCUT2D eigenvalue weighted by atomic mass is 10.2. The molecule has 0 aliphatic carbocycles. The third-order valence-electron chi connectivity index (χ3n) is 3.80. The van der Waals surface area contributed by atoms with Gasteiger partial charge in [0, 0.05) is 25.2 Å². The Bertz CT molecular complexity index is 627. The van der Waals surface area contributed by atoms with Gasteiger partial charge in [-0.3, -0.25) is 9.59 Å². The van der Waals surface area contributed by atoms with Crippen LogP contribution in [-0.2, 0) is 14.3 Å². The van der Waals surface area contributed by atoms with Gasteiger partial charge in [0.2, 0.25) is 5.91 Å². The van der Waals surface area contributed by atoms with Gasteiger partial charge in [-0.1, -0.05) is 19.9 Å². The molecule has 1 aromatic rings. The zero-order valence-corrected chi connectivity index (χ0v) is 14.4. The van der Waals surface area contributed by atoms with Crippen LogP contribution in [0.3, 0.4) is 0 Å². The van der Waals surface area contributed by atoms with Crippen LogP contribution in [0.5, 0.6) is 0 Å². The molecule has 1 N–H and O–H groups in total. The highest BCUT2D eigenvalue weighted by Crippen LogP contribution is 2.22. The van der Waals surface area contributed by atoms with Gasteiger partial charge in [0.15, 0.2) is 6.10 Å². The van der Waals surface area contributed by atoms with Crippen LogP contribution < -0.4 is 10.2 Å². The molecule has 6 heteroatoms. The molecule has 1 heterocycles. The summed E-state index contributed by atoms with van der Waals surface area (Å²) >= 11 is 0. The molecule has 1 aromatic carbocycles. The largest absolute Gasteiger partial charge is 0.449 e. The summed E-state index contributed by atoms with van der Waals surface area (Å²) in [7, 11) is 0. The van der Waals surface area contributed by atoms with Gasteiger partial charge in [0.05, 0.1) is 5.56 Å². The van der Waals surface area contributed by atoms with Gasteiger partial charge in [-0.05, 0) is 37.5 Å². The second-order valence-corrected chi connectivity index (χ2v) is 6.39. The van der Waals surface area contributed by atoms with E-state index in [0.29, 0.717) is 36.7 Å². The number of hydrogen-bond acceptors (Lipinski definition) is 4. The molecule has 1 atom stereocenters. The van der Waals surface area contributed by atoms with E-state index in [4.69, 9.17) is 4.74 Å². The Morgan fingerprint density at radius 1 is 1.29 bits per heavy atom. The molecule has 1 aliphatic rings. The number of carbonyl (C=O) groups excluding carboxylic acids is 3. The fraction of sp³-hybridized carbons (Fsp3) is 0.500. The predicted octanol–water partition coefficient (Wildman–Crippen LogP) is 2.13. The quantitative estimate of drug-likeness (QED) is 0.810. The number of anilines is 1. The van der Waals surface area contributed by atoms with Crippen molar-refractivity contribution in [3.8, 4) is 0 Å². The van der Waals surface area contributed by atoms with E-state index < -0.39 is 12.1 Å². The highest BCUT2D eigenvalue weighted by molar-refractivity contribution is 5.98. The first kappa shape index (κ1) is 18.0. The van der Waals surface area contributed by atoms with Crippen LogP contribution in [0.1, 0.15) is 44.0 Å². The van der Waals surface area contributed by atoms with Gasteiger partial charge >= 0.3 is 5.97 Å². The summed E-state index contributed by atoms with van der Waals surface area (Å²) < 4.78 is 5.22. The van der Waals surface area contributed by atoms with Gasteiger partial charge in [-0.15, -0.1) is 0 Å². The number of esters is 1. The lowest BCUT2D eigenvalue weighted by Gasteiger charge is -2.17. The van der Waals surface area contributed by atoms with Crippen molar-refractivity contribution >= 4 is 23.5 Å². The van der Waals surface area contributed by atoms with Crippen molar-refractivity contribution < 1.29 is 19.1 Å². The van der Waals surface area contributed by atoms with Crippen molar-refractivity contribution in [2.24, 2.45) is 5.92 Å². The van der Waals surface area contributed by atoms with Gasteiger partial charge in [-0.25, -0.2) is 4.79 Å². The van der Waals surface area contributed by atoms with Crippen LogP contribution in [0.4, 0.5) is 5.69 Å². The molecular weight excluding hydrogens is 308 g/mol. The average molecular weight is 332 g/mol. The highest BCUT2D eigenvalue weighted by atomic mass is 16.5. The molecule has 0 radical (unpaired) electrons. The Labute approximate surface area is 142 Å². The molecule has 1 aliphatic heterocycles. The number of benzene rings is 1. The van der Waals surface area contributed by atoms with E-state index >= 15 is 0 Å². The predicted molar refractivity (Wildman–Crippen MR) is 90.8 cm³/mol. The summed E-state index contributed by atoms with van der Waals surface area (Å²) in [6.45, 7) is 6.71. The lowest BCUT2D eigenvalue weighted by Crippen LogP contribution is -2.37. The third-order valence-corrected chi connectivity index (χ3v) is 3.80. The molecule has 0 aromatic heterocycles. The Morgan fingerprint density at radius 2 is 2.04 bits per heavy atom. The second kappa shape index (κ2) is 7.95. The Balaban J connectivity index is 1.99. The average Bonchev–Trinajstić information content (AvgIpc) is 2.98. The summed E-state index contributed by atoms with van der Waals surface area (Å²) in [5, 5.41) is 2.73. The monoisotopic (exact) mass is 332 g/mol. The SMILES string of the molecule is CC(C)CNC(=O)C(C)OC(=O)c1cccc(N2CCCC2=O)c1. The molecule has 1 saturated heterocycles. The molecule has 130 valence electrons. The van der Waals surface area contributed by atoms with Crippen molar-refractivity contribution in [1.29, 1.82) is 0 Å². The van der Waals surface area contributed by atoms with Crippen molar-refractivity contribution in [3.63, 3.8) is 0 Å². The Kier molecular flexibility index (Phi) is 5.95. The maximum Gasteiger partial charge on any atom is 0.338 e. The van der Waals surface area contributed by atoms with Gasteiger partial charge in [-0.2, -0.15) is 0 Å². The first-order valence-electron chi connectivity index (χ1n) is 8.27. The van der Waals surface area contributed by atoms with Crippen LogP contribution in [0, 0.1) is 5.92 Å². The van der Waals surface area contributed by atoms with Crippen LogP contribution in [0.15, 0.2) is 24.3 Å². The van der Waals surface area contributed by atoms with Crippen LogP contribution in [-0.4, -0.2) is 37.0 Å². The molecule has 0 spiro atoms. The van der Waals surface area contributed by atoms with E-state index in [-0.39, 0.29) is 11.8 Å². The fourth-order valence-electron chi connectivity index (χ4n) is 2.45. The zero-order valence-electron chi connectivity index (χ0n) is 14.4. The Hall–Kier alpha value is -2.37. The zero-order chi connectivity index (χ0) is 17.7. The van der Waals surface area contributed by atoms with E-state index in [9.17, 15) is 14.4 Å².